The van der Waals surface area contributed by atoms with E-state index in [1.807, 2.05) is 4.90 Å². The van der Waals surface area contributed by atoms with Gasteiger partial charge in [-0.25, -0.2) is 4.98 Å². The minimum absolute atomic E-state index is 0.190. The van der Waals surface area contributed by atoms with Crippen molar-refractivity contribution < 1.29 is 9.53 Å². The molecule has 0 spiro atoms. The van der Waals surface area contributed by atoms with Crippen LogP contribution in [-0.2, 0) is 16.0 Å². The largest absolute Gasteiger partial charge is 0.378 e. The number of rotatable bonds is 3. The highest BCUT2D eigenvalue weighted by Gasteiger charge is 2.16. The van der Waals surface area contributed by atoms with Crippen molar-refractivity contribution in [3.8, 4) is 0 Å². The Labute approximate surface area is 88.4 Å². The van der Waals surface area contributed by atoms with Crippen molar-refractivity contribution in [2.75, 3.05) is 26.3 Å². The van der Waals surface area contributed by atoms with E-state index >= 15 is 0 Å². The minimum Gasteiger partial charge on any atom is -0.378 e. The van der Waals surface area contributed by atoms with Gasteiger partial charge in [-0.2, -0.15) is 0 Å². The Balaban J connectivity index is 1.76. The molecule has 0 unspecified atom stereocenters. The van der Waals surface area contributed by atoms with Crippen LogP contribution in [0.4, 0.5) is 0 Å². The number of carbonyl (C=O) groups excluding carboxylic acids is 1. The summed E-state index contributed by atoms with van der Waals surface area (Å²) in [6.07, 6.45) is 4.68. The maximum Gasteiger partial charge on any atom is 0.223 e. The van der Waals surface area contributed by atoms with E-state index < -0.39 is 0 Å². The van der Waals surface area contributed by atoms with Gasteiger partial charge in [0.2, 0.25) is 5.91 Å². The van der Waals surface area contributed by atoms with E-state index in [9.17, 15) is 4.79 Å². The number of imidazole rings is 1. The van der Waals surface area contributed by atoms with E-state index in [0.717, 1.165) is 18.9 Å². The number of aromatic amines is 1. The number of hydrogen-bond donors (Lipinski definition) is 1. The summed E-state index contributed by atoms with van der Waals surface area (Å²) in [5.41, 5.74) is 0. The molecule has 1 fully saturated rings. The maximum absolute atomic E-state index is 11.7. The Kier molecular flexibility index (Phi) is 3.34. The molecule has 2 heterocycles. The van der Waals surface area contributed by atoms with Crippen LogP contribution in [0.2, 0.25) is 0 Å². The molecule has 0 bridgehead atoms. The number of aryl methyl sites for hydroxylation is 1. The molecule has 1 aromatic heterocycles. The molecule has 1 aromatic rings. The number of amides is 1. The molecular weight excluding hydrogens is 194 g/mol. The third-order valence-corrected chi connectivity index (χ3v) is 2.49. The van der Waals surface area contributed by atoms with Gasteiger partial charge in [-0.3, -0.25) is 4.79 Å². The Morgan fingerprint density at radius 1 is 1.53 bits per heavy atom. The maximum atomic E-state index is 11.7. The normalized spacial score (nSPS) is 16.7. The number of H-pyrrole nitrogens is 1. The van der Waals surface area contributed by atoms with Gasteiger partial charge >= 0.3 is 0 Å². The summed E-state index contributed by atoms with van der Waals surface area (Å²) in [6, 6.07) is 0. The molecular formula is C10H15N3O2. The SMILES string of the molecule is O=C(CCc1ncc[nH]1)N1CCOCC1. The summed E-state index contributed by atoms with van der Waals surface area (Å²) in [6.45, 7) is 2.76. The molecule has 0 radical (unpaired) electrons. The van der Waals surface area contributed by atoms with Crippen LogP contribution < -0.4 is 0 Å². The molecule has 1 saturated heterocycles. The monoisotopic (exact) mass is 209 g/mol. The van der Waals surface area contributed by atoms with Crippen LogP contribution in [0.25, 0.3) is 0 Å². The summed E-state index contributed by atoms with van der Waals surface area (Å²) in [5, 5.41) is 0. The highest BCUT2D eigenvalue weighted by atomic mass is 16.5. The number of hydrogen-bond acceptors (Lipinski definition) is 3. The average molecular weight is 209 g/mol. The number of carbonyl (C=O) groups is 1. The van der Waals surface area contributed by atoms with Crippen molar-refractivity contribution >= 4 is 5.91 Å². The van der Waals surface area contributed by atoms with Gasteiger partial charge in [0.15, 0.2) is 0 Å². The molecule has 0 aromatic carbocycles. The fourth-order valence-corrected chi connectivity index (χ4v) is 1.63. The fourth-order valence-electron chi connectivity index (χ4n) is 1.63. The van der Waals surface area contributed by atoms with Gasteiger partial charge in [0, 0.05) is 38.3 Å². The lowest BCUT2D eigenvalue weighted by Crippen LogP contribution is -2.40. The molecule has 1 aliphatic heterocycles. The first-order chi connectivity index (χ1) is 7.36. The molecule has 1 amide bonds. The lowest BCUT2D eigenvalue weighted by molar-refractivity contribution is -0.135. The summed E-state index contributed by atoms with van der Waals surface area (Å²) in [7, 11) is 0. The first-order valence-corrected chi connectivity index (χ1v) is 5.20. The van der Waals surface area contributed by atoms with Gasteiger partial charge in [0.1, 0.15) is 5.82 Å². The number of morpholine rings is 1. The Hall–Kier alpha value is -1.36. The smallest absolute Gasteiger partial charge is 0.223 e. The second-order valence-corrected chi connectivity index (χ2v) is 3.53. The van der Waals surface area contributed by atoms with Crippen LogP contribution in [0, 0.1) is 0 Å². The second kappa shape index (κ2) is 4.93. The molecule has 2 rings (SSSR count). The van der Waals surface area contributed by atoms with Crippen LogP contribution >= 0.6 is 0 Å². The first-order valence-electron chi connectivity index (χ1n) is 5.20. The second-order valence-electron chi connectivity index (χ2n) is 3.53. The van der Waals surface area contributed by atoms with Crippen molar-refractivity contribution in [1.29, 1.82) is 0 Å². The lowest BCUT2D eigenvalue weighted by Gasteiger charge is -2.26. The number of nitrogens with zero attached hydrogens (tertiary/aromatic N) is 2. The average Bonchev–Trinajstić information content (AvgIpc) is 2.80. The third-order valence-electron chi connectivity index (χ3n) is 2.49. The number of ether oxygens (including phenoxy) is 1. The molecule has 1 N–H and O–H groups in total. The Bertz CT molecular complexity index is 304. The molecule has 0 atom stereocenters. The van der Waals surface area contributed by atoms with E-state index in [0.29, 0.717) is 26.1 Å². The molecule has 15 heavy (non-hydrogen) atoms. The van der Waals surface area contributed by atoms with E-state index in [2.05, 4.69) is 9.97 Å². The molecule has 0 saturated carbocycles. The number of aromatic nitrogens is 2. The fraction of sp³-hybridized carbons (Fsp3) is 0.600. The summed E-state index contributed by atoms with van der Waals surface area (Å²) in [5.74, 6) is 1.06. The zero-order valence-electron chi connectivity index (χ0n) is 8.61. The van der Waals surface area contributed by atoms with Crippen LogP contribution in [-0.4, -0.2) is 47.1 Å². The quantitative estimate of drug-likeness (QED) is 0.773. The standard InChI is InChI=1S/C10H15N3O2/c14-10(13-5-7-15-8-6-13)2-1-9-11-3-4-12-9/h3-4H,1-2,5-8H2,(H,11,12). The van der Waals surface area contributed by atoms with E-state index in [1.54, 1.807) is 12.4 Å². The molecule has 5 heteroatoms. The Morgan fingerprint density at radius 3 is 3.00 bits per heavy atom. The highest BCUT2D eigenvalue weighted by molar-refractivity contribution is 5.76. The van der Waals surface area contributed by atoms with E-state index in [-0.39, 0.29) is 5.91 Å². The van der Waals surface area contributed by atoms with Crippen molar-refractivity contribution in [3.63, 3.8) is 0 Å². The zero-order valence-corrected chi connectivity index (χ0v) is 8.61. The lowest BCUT2D eigenvalue weighted by atomic mass is 10.2. The van der Waals surface area contributed by atoms with Gasteiger partial charge in [-0.1, -0.05) is 0 Å². The van der Waals surface area contributed by atoms with Gasteiger partial charge in [0.05, 0.1) is 13.2 Å². The van der Waals surface area contributed by atoms with Gasteiger partial charge in [-0.05, 0) is 0 Å². The zero-order chi connectivity index (χ0) is 10.5. The molecule has 0 aliphatic carbocycles. The van der Waals surface area contributed by atoms with Gasteiger partial charge in [0.25, 0.3) is 0 Å². The molecule has 82 valence electrons. The number of nitrogens with one attached hydrogen (secondary N) is 1. The van der Waals surface area contributed by atoms with Crippen LogP contribution in [0.15, 0.2) is 12.4 Å². The van der Waals surface area contributed by atoms with Gasteiger partial charge < -0.3 is 14.6 Å². The Morgan fingerprint density at radius 2 is 2.33 bits per heavy atom. The predicted octanol–water partition coefficient (Wildman–Crippen LogP) is 0.201. The van der Waals surface area contributed by atoms with E-state index in [4.69, 9.17) is 4.74 Å². The molecule has 5 nitrogen and oxygen atoms in total. The van der Waals surface area contributed by atoms with Crippen LogP contribution in [0.3, 0.4) is 0 Å². The summed E-state index contributed by atoms with van der Waals surface area (Å²) in [4.78, 5) is 20.6. The van der Waals surface area contributed by atoms with Gasteiger partial charge in [-0.15, -0.1) is 0 Å². The van der Waals surface area contributed by atoms with Crippen LogP contribution in [0.5, 0.6) is 0 Å². The topological polar surface area (TPSA) is 58.2 Å². The van der Waals surface area contributed by atoms with Crippen molar-refractivity contribution in [3.05, 3.63) is 18.2 Å². The van der Waals surface area contributed by atoms with Crippen molar-refractivity contribution in [2.24, 2.45) is 0 Å². The minimum atomic E-state index is 0.190. The van der Waals surface area contributed by atoms with E-state index in [1.165, 1.54) is 0 Å². The first kappa shape index (κ1) is 10.2. The van der Waals surface area contributed by atoms with Crippen molar-refractivity contribution in [2.45, 2.75) is 12.8 Å². The van der Waals surface area contributed by atoms with Crippen LogP contribution in [0.1, 0.15) is 12.2 Å². The molecule has 1 aliphatic rings. The van der Waals surface area contributed by atoms with Crippen molar-refractivity contribution in [1.82, 2.24) is 14.9 Å². The third kappa shape index (κ3) is 2.79. The summed E-state index contributed by atoms with van der Waals surface area (Å²) >= 11 is 0. The predicted molar refractivity (Wildman–Crippen MR) is 54.3 cm³/mol. The highest BCUT2D eigenvalue weighted by Crippen LogP contribution is 2.03. The summed E-state index contributed by atoms with van der Waals surface area (Å²) < 4.78 is 5.19.